The maximum absolute atomic E-state index is 14.8. The summed E-state index contributed by atoms with van der Waals surface area (Å²) in [5.41, 5.74) is -1.56. The van der Waals surface area contributed by atoms with Crippen LogP contribution in [-0.2, 0) is 0 Å². The fourth-order valence-electron chi connectivity index (χ4n) is 3.88. The summed E-state index contributed by atoms with van der Waals surface area (Å²) in [5.74, 6) is -2.82. The van der Waals surface area contributed by atoms with Crippen molar-refractivity contribution >= 4 is 22.8 Å². The zero-order chi connectivity index (χ0) is 27.1. The van der Waals surface area contributed by atoms with E-state index >= 15 is 0 Å². The first-order valence-electron chi connectivity index (χ1n) is 11.0. The number of halogens is 5. The van der Waals surface area contributed by atoms with Crippen LogP contribution in [0.4, 0.5) is 27.8 Å². The Morgan fingerprint density at radius 3 is 2.41 bits per heavy atom. The molecule has 0 aliphatic heterocycles. The van der Waals surface area contributed by atoms with Crippen molar-refractivity contribution in [1.82, 2.24) is 14.9 Å². The summed E-state index contributed by atoms with van der Waals surface area (Å²) in [7, 11) is 3.36. The summed E-state index contributed by atoms with van der Waals surface area (Å²) in [6.07, 6.45) is -3.96. The average Bonchev–Trinajstić information content (AvgIpc) is 2.82. The van der Waals surface area contributed by atoms with Gasteiger partial charge in [0.15, 0.2) is 11.7 Å². The van der Waals surface area contributed by atoms with Gasteiger partial charge in [0.05, 0.1) is 11.1 Å². The second kappa shape index (κ2) is 9.64. The molecule has 0 saturated carbocycles. The van der Waals surface area contributed by atoms with E-state index in [1.54, 1.807) is 32.0 Å². The number of aromatic nitrogens is 2. The molecule has 0 saturated heterocycles. The molecule has 4 aromatic rings. The Morgan fingerprint density at radius 2 is 1.78 bits per heavy atom. The molecule has 0 bridgehead atoms. The van der Waals surface area contributed by atoms with E-state index in [0.717, 1.165) is 22.9 Å². The molecule has 1 amide bonds. The van der Waals surface area contributed by atoms with Gasteiger partial charge in [0.25, 0.3) is 5.91 Å². The Morgan fingerprint density at radius 1 is 1.05 bits per heavy atom. The van der Waals surface area contributed by atoms with Gasteiger partial charge >= 0.3 is 6.18 Å². The normalized spacial score (nSPS) is 12.4. The van der Waals surface area contributed by atoms with Crippen LogP contribution in [-0.4, -0.2) is 35.7 Å². The highest BCUT2D eigenvalue weighted by Gasteiger charge is 2.42. The first kappa shape index (κ1) is 25.8. The number of hydrogen-bond donors (Lipinski definition) is 1. The number of carbonyl (C=O) groups excluding carboxylic acids is 1. The van der Waals surface area contributed by atoms with E-state index < -0.39 is 40.8 Å². The van der Waals surface area contributed by atoms with Gasteiger partial charge in [-0.2, -0.15) is 13.2 Å². The van der Waals surface area contributed by atoms with Crippen LogP contribution in [0.15, 0.2) is 65.6 Å². The molecule has 37 heavy (non-hydrogen) atoms. The molecule has 2 aromatic heterocycles. The van der Waals surface area contributed by atoms with Crippen molar-refractivity contribution in [3.05, 3.63) is 99.3 Å². The zero-order valence-electron chi connectivity index (χ0n) is 19.9. The Bertz CT molecular complexity index is 1560. The van der Waals surface area contributed by atoms with E-state index in [9.17, 15) is 31.5 Å². The van der Waals surface area contributed by atoms with Gasteiger partial charge in [-0.3, -0.25) is 14.2 Å². The van der Waals surface area contributed by atoms with E-state index in [4.69, 9.17) is 0 Å². The van der Waals surface area contributed by atoms with E-state index in [2.05, 4.69) is 4.98 Å². The van der Waals surface area contributed by atoms with Gasteiger partial charge in [0.1, 0.15) is 23.0 Å². The predicted molar refractivity (Wildman–Crippen MR) is 129 cm³/mol. The molecule has 0 fully saturated rings. The van der Waals surface area contributed by atoms with Gasteiger partial charge in [0.2, 0.25) is 5.43 Å². The van der Waals surface area contributed by atoms with Crippen LogP contribution in [0.5, 0.6) is 0 Å². The molecule has 0 aliphatic rings. The highest BCUT2D eigenvalue weighted by molar-refractivity contribution is 5.97. The highest BCUT2D eigenvalue weighted by atomic mass is 19.4. The fraction of sp³-hybridized carbons (Fsp3) is 0.192. The summed E-state index contributed by atoms with van der Waals surface area (Å²) in [6, 6.07) is 8.57. The zero-order valence-corrected chi connectivity index (χ0v) is 19.9. The quantitative estimate of drug-likeness (QED) is 0.376. The van der Waals surface area contributed by atoms with E-state index in [1.165, 1.54) is 30.3 Å². The molecule has 1 atom stereocenters. The molecule has 2 aromatic carbocycles. The van der Waals surface area contributed by atoms with E-state index in [-0.39, 0.29) is 22.3 Å². The van der Waals surface area contributed by atoms with Crippen molar-refractivity contribution in [1.29, 1.82) is 0 Å². The Hall–Kier alpha value is -4.28. The number of rotatable bonds is 5. The predicted octanol–water partition coefficient (Wildman–Crippen LogP) is 5.07. The highest BCUT2D eigenvalue weighted by Crippen LogP contribution is 2.33. The molecule has 6 nitrogen and oxygen atoms in total. The molecule has 1 N–H and O–H groups in total. The largest absolute Gasteiger partial charge is 0.412 e. The Balaban J connectivity index is 1.91. The molecule has 2 heterocycles. The summed E-state index contributed by atoms with van der Waals surface area (Å²) in [4.78, 5) is 32.3. The minimum absolute atomic E-state index is 0.0655. The number of nitrogens with one attached hydrogen (secondary N) is 1. The fourth-order valence-corrected chi connectivity index (χ4v) is 3.88. The lowest BCUT2D eigenvalue weighted by Crippen LogP contribution is -2.40. The van der Waals surface area contributed by atoms with E-state index in [0.29, 0.717) is 17.4 Å². The third-order valence-electron chi connectivity index (χ3n) is 5.69. The standard InChI is InChI=1S/C26H21F5N4O2/c1-14-5-4-6-15(11-14)23(26(29,30)31)33-25(37)18-13-35(20-9-7-16(27)12-19(20)28)24-17(22(18)36)8-10-21(32-24)34(2)3/h4-13,23H,1-3H3,(H,33,37). The first-order valence-corrected chi connectivity index (χ1v) is 11.0. The number of hydrogen-bond acceptors (Lipinski definition) is 4. The molecule has 0 radical (unpaired) electrons. The average molecular weight is 516 g/mol. The van der Waals surface area contributed by atoms with Gasteiger partial charge in [-0.15, -0.1) is 0 Å². The number of alkyl halides is 3. The van der Waals surface area contributed by atoms with Gasteiger partial charge in [-0.25, -0.2) is 13.8 Å². The summed E-state index contributed by atoms with van der Waals surface area (Å²) in [6.45, 7) is 1.60. The number of nitrogens with zero attached hydrogens (tertiary/aromatic N) is 3. The van der Waals surface area contributed by atoms with Crippen LogP contribution in [0.25, 0.3) is 16.7 Å². The molecule has 1 unspecified atom stereocenters. The monoisotopic (exact) mass is 516 g/mol. The molecule has 4 rings (SSSR count). The summed E-state index contributed by atoms with van der Waals surface area (Å²) < 4.78 is 71.1. The van der Waals surface area contributed by atoms with Gasteiger partial charge in [0, 0.05) is 26.4 Å². The van der Waals surface area contributed by atoms with Crippen LogP contribution >= 0.6 is 0 Å². The topological polar surface area (TPSA) is 67.2 Å². The Kier molecular flexibility index (Phi) is 6.72. The molecule has 11 heteroatoms. The van der Waals surface area contributed by atoms with Crippen LogP contribution in [0.2, 0.25) is 0 Å². The maximum atomic E-state index is 14.8. The molecule has 0 aliphatic carbocycles. The lowest BCUT2D eigenvalue weighted by atomic mass is 10.0. The number of aryl methyl sites for hydroxylation is 1. The third kappa shape index (κ3) is 5.16. The maximum Gasteiger partial charge on any atom is 0.412 e. The van der Waals surface area contributed by atoms with Crippen LogP contribution in [0.1, 0.15) is 27.5 Å². The lowest BCUT2D eigenvalue weighted by molar-refractivity contribution is -0.155. The van der Waals surface area contributed by atoms with Gasteiger partial charge in [-0.05, 0) is 36.8 Å². The van der Waals surface area contributed by atoms with Crippen molar-refractivity contribution in [2.24, 2.45) is 0 Å². The van der Waals surface area contributed by atoms with Crippen molar-refractivity contribution in [3.63, 3.8) is 0 Å². The number of amides is 1. The molecular formula is C26H21F5N4O2. The molecule has 192 valence electrons. The van der Waals surface area contributed by atoms with Crippen molar-refractivity contribution in [3.8, 4) is 5.69 Å². The van der Waals surface area contributed by atoms with Crippen LogP contribution in [0.3, 0.4) is 0 Å². The number of benzene rings is 2. The van der Waals surface area contributed by atoms with Gasteiger partial charge < -0.3 is 10.2 Å². The number of pyridine rings is 2. The summed E-state index contributed by atoms with van der Waals surface area (Å²) >= 11 is 0. The number of anilines is 1. The van der Waals surface area contributed by atoms with Crippen LogP contribution < -0.4 is 15.6 Å². The van der Waals surface area contributed by atoms with Crippen molar-refractivity contribution in [2.75, 3.05) is 19.0 Å². The lowest BCUT2D eigenvalue weighted by Gasteiger charge is -2.23. The van der Waals surface area contributed by atoms with Crippen molar-refractivity contribution < 1.29 is 26.7 Å². The summed E-state index contributed by atoms with van der Waals surface area (Å²) in [5, 5.41) is 1.76. The molecule has 0 spiro atoms. The number of fused-ring (bicyclic) bond motifs is 1. The third-order valence-corrected chi connectivity index (χ3v) is 5.69. The minimum atomic E-state index is -4.87. The number of carbonyl (C=O) groups is 1. The second-order valence-electron chi connectivity index (χ2n) is 8.63. The van der Waals surface area contributed by atoms with E-state index in [1.807, 2.05) is 5.32 Å². The first-order chi connectivity index (χ1) is 17.4. The SMILES string of the molecule is Cc1cccc(C(NC(=O)c2cn(-c3ccc(F)cc3F)c3nc(N(C)C)ccc3c2=O)C(F)(F)F)c1. The van der Waals surface area contributed by atoms with Crippen LogP contribution in [0, 0.1) is 18.6 Å². The van der Waals surface area contributed by atoms with Gasteiger partial charge in [-0.1, -0.05) is 29.8 Å². The van der Waals surface area contributed by atoms with Crippen molar-refractivity contribution in [2.45, 2.75) is 19.1 Å². The minimum Gasteiger partial charge on any atom is -0.363 e. The Labute approximate surface area is 208 Å². The second-order valence-corrected chi connectivity index (χ2v) is 8.63. The molecular weight excluding hydrogens is 495 g/mol. The smallest absolute Gasteiger partial charge is 0.363 e.